The highest BCUT2D eigenvalue weighted by molar-refractivity contribution is 5.17. The van der Waals surface area contributed by atoms with Gasteiger partial charge in [-0.05, 0) is 11.7 Å². The van der Waals surface area contributed by atoms with E-state index < -0.39 is 4.81 Å². The predicted octanol–water partition coefficient (Wildman–Crippen LogP) is 2.92. The average molecular weight is 208 g/mol. The fraction of sp³-hybridized carbons (Fsp3) is 0.333. The van der Waals surface area contributed by atoms with E-state index in [0.29, 0.717) is 6.42 Å². The fourth-order valence-electron chi connectivity index (χ4n) is 1.60. The number of hydrogen-bond donors (Lipinski definition) is 2. The second kappa shape index (κ2) is 5.07. The van der Waals surface area contributed by atoms with Crippen molar-refractivity contribution in [2.75, 3.05) is 6.54 Å². The quantitative estimate of drug-likeness (QED) is 0.443. The van der Waals surface area contributed by atoms with Crippen LogP contribution in [0.2, 0.25) is 0 Å². The molecule has 1 atom stereocenters. The molecular formula is C12H18NO2+. The van der Waals surface area contributed by atoms with Gasteiger partial charge in [-0.2, -0.15) is 10.4 Å². The maximum Gasteiger partial charge on any atom is 0.180 e. The van der Waals surface area contributed by atoms with Crippen molar-refractivity contribution in [2.45, 2.75) is 19.4 Å². The molecule has 0 amide bonds. The molecule has 0 aromatic heterocycles. The van der Waals surface area contributed by atoms with E-state index in [4.69, 9.17) is 0 Å². The molecular weight excluding hydrogens is 190 g/mol. The van der Waals surface area contributed by atoms with Crippen LogP contribution in [0.15, 0.2) is 43.0 Å². The minimum Gasteiger partial charge on any atom is -0.182 e. The zero-order valence-corrected chi connectivity index (χ0v) is 9.00. The maximum absolute atomic E-state index is 9.81. The fourth-order valence-corrected chi connectivity index (χ4v) is 1.60. The number of quaternary nitrogens is 1. The number of hydroxylamine groups is 4. The number of benzene rings is 1. The van der Waals surface area contributed by atoms with E-state index in [1.54, 1.807) is 13.0 Å². The molecule has 0 spiro atoms. The molecule has 0 aliphatic rings. The molecule has 0 saturated carbocycles. The normalized spacial score (nSPS) is 13.5. The lowest BCUT2D eigenvalue weighted by molar-refractivity contribution is -1.26. The first-order chi connectivity index (χ1) is 7.11. The van der Waals surface area contributed by atoms with Crippen molar-refractivity contribution in [3.8, 4) is 0 Å². The number of hydrogen-bond acceptors (Lipinski definition) is 2. The van der Waals surface area contributed by atoms with Gasteiger partial charge < -0.3 is 0 Å². The summed E-state index contributed by atoms with van der Waals surface area (Å²) in [5, 5.41) is 19.6. The molecule has 2 N–H and O–H groups in total. The molecule has 0 aliphatic heterocycles. The summed E-state index contributed by atoms with van der Waals surface area (Å²) < 4.78 is 0. The first-order valence-corrected chi connectivity index (χ1v) is 5.11. The lowest BCUT2D eigenvalue weighted by Gasteiger charge is -2.28. The van der Waals surface area contributed by atoms with Crippen molar-refractivity contribution in [3.63, 3.8) is 0 Å². The molecule has 0 saturated heterocycles. The summed E-state index contributed by atoms with van der Waals surface area (Å²) in [4.78, 5) is -0.990. The van der Waals surface area contributed by atoms with Crippen LogP contribution in [0.1, 0.15) is 24.9 Å². The topological polar surface area (TPSA) is 40.5 Å². The smallest absolute Gasteiger partial charge is 0.180 e. The summed E-state index contributed by atoms with van der Waals surface area (Å²) in [6, 6.07) is 9.10. The van der Waals surface area contributed by atoms with Gasteiger partial charge in [-0.25, -0.2) is 0 Å². The van der Waals surface area contributed by atoms with Gasteiger partial charge in [0.1, 0.15) is 6.54 Å². The lowest BCUT2D eigenvalue weighted by atomic mass is 10.0. The Morgan fingerprint density at radius 1 is 1.33 bits per heavy atom. The van der Waals surface area contributed by atoms with Crippen LogP contribution in [0.5, 0.6) is 0 Å². The second-order valence-corrected chi connectivity index (χ2v) is 3.55. The molecule has 1 aromatic rings. The standard InChI is InChI=1S/C12H18NO2/c1-3-8-12(13(14,15)4-2)11-9-6-5-7-10-11/h3,5-7,9-10,12,14-15H,1,4,8H2,2H3/q+1. The Bertz CT molecular complexity index is 309. The van der Waals surface area contributed by atoms with Gasteiger partial charge in [-0.1, -0.05) is 36.4 Å². The third kappa shape index (κ3) is 2.89. The van der Waals surface area contributed by atoms with E-state index in [2.05, 4.69) is 6.58 Å². The minimum absolute atomic E-state index is 0.243. The molecule has 3 heteroatoms. The average Bonchev–Trinajstić information content (AvgIpc) is 2.27. The van der Waals surface area contributed by atoms with E-state index >= 15 is 0 Å². The molecule has 3 nitrogen and oxygen atoms in total. The molecule has 0 fully saturated rings. The first-order valence-electron chi connectivity index (χ1n) is 5.11. The number of nitrogens with zero attached hydrogens (tertiary/aromatic N) is 1. The van der Waals surface area contributed by atoms with Crippen LogP contribution in [0.3, 0.4) is 0 Å². The minimum atomic E-state index is -0.990. The Morgan fingerprint density at radius 2 is 1.93 bits per heavy atom. The van der Waals surface area contributed by atoms with Crippen LogP contribution in [0.4, 0.5) is 0 Å². The van der Waals surface area contributed by atoms with Crippen LogP contribution in [-0.4, -0.2) is 21.8 Å². The summed E-state index contributed by atoms with van der Waals surface area (Å²) in [5.74, 6) is 0. The Balaban J connectivity index is 2.98. The Morgan fingerprint density at radius 3 is 2.40 bits per heavy atom. The van der Waals surface area contributed by atoms with Crippen molar-refractivity contribution in [3.05, 3.63) is 48.6 Å². The highest BCUT2D eigenvalue weighted by atomic mass is 16.8. The lowest BCUT2D eigenvalue weighted by Crippen LogP contribution is -2.44. The number of rotatable bonds is 5. The van der Waals surface area contributed by atoms with E-state index in [1.807, 2.05) is 30.3 Å². The summed E-state index contributed by atoms with van der Waals surface area (Å²) in [6.07, 6.45) is 2.23. The zero-order valence-electron chi connectivity index (χ0n) is 9.00. The van der Waals surface area contributed by atoms with E-state index in [0.717, 1.165) is 5.56 Å². The van der Waals surface area contributed by atoms with Gasteiger partial charge in [0.25, 0.3) is 0 Å². The van der Waals surface area contributed by atoms with Gasteiger partial charge in [0.15, 0.2) is 6.04 Å². The van der Waals surface area contributed by atoms with Gasteiger partial charge >= 0.3 is 0 Å². The third-order valence-corrected chi connectivity index (χ3v) is 2.54. The van der Waals surface area contributed by atoms with Crippen LogP contribution < -0.4 is 0 Å². The molecule has 1 rings (SSSR count). The molecule has 0 aliphatic carbocycles. The Hall–Kier alpha value is -1.16. The first kappa shape index (κ1) is 11.9. The summed E-state index contributed by atoms with van der Waals surface area (Å²) in [5.41, 5.74) is 0.907. The van der Waals surface area contributed by atoms with Crippen molar-refractivity contribution >= 4 is 0 Å². The highest BCUT2D eigenvalue weighted by Crippen LogP contribution is 2.27. The molecule has 82 valence electrons. The van der Waals surface area contributed by atoms with E-state index in [1.165, 1.54) is 0 Å². The SMILES string of the molecule is C=CCC(c1ccccc1)[N+](O)(O)CC. The van der Waals surface area contributed by atoms with Gasteiger partial charge in [0, 0.05) is 12.0 Å². The second-order valence-electron chi connectivity index (χ2n) is 3.55. The Labute approximate surface area is 90.4 Å². The van der Waals surface area contributed by atoms with E-state index in [-0.39, 0.29) is 12.6 Å². The summed E-state index contributed by atoms with van der Waals surface area (Å²) in [7, 11) is 0. The van der Waals surface area contributed by atoms with Crippen molar-refractivity contribution in [1.29, 1.82) is 0 Å². The maximum atomic E-state index is 9.81. The highest BCUT2D eigenvalue weighted by Gasteiger charge is 2.33. The summed E-state index contributed by atoms with van der Waals surface area (Å²) in [6.45, 7) is 5.62. The van der Waals surface area contributed by atoms with Crippen LogP contribution in [0, 0.1) is 0 Å². The molecule has 0 bridgehead atoms. The van der Waals surface area contributed by atoms with Crippen molar-refractivity contribution in [2.24, 2.45) is 0 Å². The molecule has 1 aromatic carbocycles. The van der Waals surface area contributed by atoms with E-state index in [9.17, 15) is 10.4 Å². The van der Waals surface area contributed by atoms with Crippen LogP contribution >= 0.6 is 0 Å². The molecule has 0 radical (unpaired) electrons. The van der Waals surface area contributed by atoms with Gasteiger partial charge in [0.2, 0.25) is 0 Å². The molecule has 0 heterocycles. The zero-order chi connectivity index (χ0) is 11.3. The van der Waals surface area contributed by atoms with Gasteiger partial charge in [-0.15, -0.1) is 6.58 Å². The van der Waals surface area contributed by atoms with Gasteiger partial charge in [-0.3, -0.25) is 0 Å². The Kier molecular flexibility index (Phi) is 4.03. The largest absolute Gasteiger partial charge is 0.182 e. The third-order valence-electron chi connectivity index (χ3n) is 2.54. The summed E-state index contributed by atoms with van der Waals surface area (Å²) >= 11 is 0. The molecule has 15 heavy (non-hydrogen) atoms. The van der Waals surface area contributed by atoms with Crippen LogP contribution in [-0.2, 0) is 0 Å². The van der Waals surface area contributed by atoms with Crippen molar-refractivity contribution < 1.29 is 15.2 Å². The molecule has 1 unspecified atom stereocenters. The predicted molar refractivity (Wildman–Crippen MR) is 58.4 cm³/mol. The van der Waals surface area contributed by atoms with Gasteiger partial charge in [0.05, 0.1) is 0 Å². The monoisotopic (exact) mass is 208 g/mol. The van der Waals surface area contributed by atoms with Crippen molar-refractivity contribution in [1.82, 2.24) is 0 Å². The van der Waals surface area contributed by atoms with Crippen LogP contribution in [0.25, 0.3) is 0 Å².